The first-order valence-corrected chi connectivity index (χ1v) is 6.38. The lowest BCUT2D eigenvalue weighted by Gasteiger charge is -2.28. The number of carbonyl (C=O) groups is 1. The molecule has 4 nitrogen and oxygen atoms in total. The van der Waals surface area contributed by atoms with Gasteiger partial charge in [0.15, 0.2) is 0 Å². The molecule has 0 unspecified atom stereocenters. The van der Waals surface area contributed by atoms with Crippen molar-refractivity contribution in [3.8, 4) is 0 Å². The van der Waals surface area contributed by atoms with Crippen LogP contribution in [0, 0.1) is 5.92 Å². The minimum absolute atomic E-state index is 0.180. The van der Waals surface area contributed by atoms with Crippen LogP contribution in [0.15, 0.2) is 0 Å². The van der Waals surface area contributed by atoms with E-state index in [0.29, 0.717) is 12.3 Å². The van der Waals surface area contributed by atoms with Gasteiger partial charge in [-0.25, -0.2) is 0 Å². The Bertz CT molecular complexity index is 200. The molecule has 2 N–H and O–H groups in total. The van der Waals surface area contributed by atoms with Gasteiger partial charge < -0.3 is 15.5 Å². The zero-order chi connectivity index (χ0) is 11.8. The van der Waals surface area contributed by atoms with Crippen LogP contribution >= 0.6 is 0 Å². The predicted octanol–water partition coefficient (Wildman–Crippen LogP) is 0.444. The molecular weight excluding hydrogens is 202 g/mol. The normalized spacial score (nSPS) is 18.6. The fourth-order valence-corrected chi connectivity index (χ4v) is 1.99. The molecule has 1 aliphatic heterocycles. The molecule has 94 valence electrons. The summed E-state index contributed by atoms with van der Waals surface area (Å²) in [5, 5.41) is 6.18. The van der Waals surface area contributed by atoms with E-state index < -0.39 is 0 Å². The summed E-state index contributed by atoms with van der Waals surface area (Å²) in [5.41, 5.74) is 0. The molecule has 0 bridgehead atoms. The van der Waals surface area contributed by atoms with Gasteiger partial charge in [-0.05, 0) is 45.4 Å². The number of rotatable bonds is 6. The molecule has 4 heteroatoms. The van der Waals surface area contributed by atoms with Crippen LogP contribution < -0.4 is 10.6 Å². The summed E-state index contributed by atoms with van der Waals surface area (Å²) in [7, 11) is 2.16. The maximum absolute atomic E-state index is 11.5. The molecule has 0 aromatic heterocycles. The number of amides is 1. The highest BCUT2D eigenvalue weighted by molar-refractivity contribution is 5.76. The summed E-state index contributed by atoms with van der Waals surface area (Å²) in [6.45, 7) is 6.96. The standard InChI is InChI=1S/C12H25N3O/c1-3-13-7-4-12(16)14-10-11-5-8-15(2)9-6-11/h11,13H,3-10H2,1-2H3,(H,14,16). The summed E-state index contributed by atoms with van der Waals surface area (Å²) in [6.07, 6.45) is 3.02. The number of nitrogens with zero attached hydrogens (tertiary/aromatic N) is 1. The van der Waals surface area contributed by atoms with Crippen LogP contribution in [0.4, 0.5) is 0 Å². The van der Waals surface area contributed by atoms with E-state index >= 15 is 0 Å². The minimum Gasteiger partial charge on any atom is -0.356 e. The van der Waals surface area contributed by atoms with Crippen molar-refractivity contribution in [3.63, 3.8) is 0 Å². The summed E-state index contributed by atoms with van der Waals surface area (Å²) in [6, 6.07) is 0. The molecule has 0 atom stereocenters. The summed E-state index contributed by atoms with van der Waals surface area (Å²) in [5.74, 6) is 0.860. The second-order valence-corrected chi connectivity index (χ2v) is 4.65. The van der Waals surface area contributed by atoms with E-state index in [9.17, 15) is 4.79 Å². The number of hydrogen-bond donors (Lipinski definition) is 2. The van der Waals surface area contributed by atoms with Crippen LogP contribution in [0.1, 0.15) is 26.2 Å². The van der Waals surface area contributed by atoms with Gasteiger partial charge in [-0.2, -0.15) is 0 Å². The van der Waals surface area contributed by atoms with Crippen LogP contribution in [-0.4, -0.2) is 50.6 Å². The average molecular weight is 227 g/mol. The Morgan fingerprint density at radius 2 is 2.06 bits per heavy atom. The monoisotopic (exact) mass is 227 g/mol. The lowest BCUT2D eigenvalue weighted by Crippen LogP contribution is -2.37. The van der Waals surface area contributed by atoms with Crippen molar-refractivity contribution >= 4 is 5.91 Å². The van der Waals surface area contributed by atoms with Crippen LogP contribution in [0.2, 0.25) is 0 Å². The first kappa shape index (κ1) is 13.5. The van der Waals surface area contributed by atoms with E-state index in [2.05, 4.69) is 29.5 Å². The van der Waals surface area contributed by atoms with E-state index in [-0.39, 0.29) is 5.91 Å². The maximum Gasteiger partial charge on any atom is 0.221 e. The summed E-state index contributed by atoms with van der Waals surface area (Å²) < 4.78 is 0. The molecule has 16 heavy (non-hydrogen) atoms. The second-order valence-electron chi connectivity index (χ2n) is 4.65. The number of carbonyl (C=O) groups excluding carboxylic acids is 1. The Balaban J connectivity index is 2.03. The Kier molecular flexibility index (Phi) is 6.42. The molecule has 1 aliphatic rings. The number of likely N-dealkylation sites (tertiary alicyclic amines) is 1. The molecule has 1 rings (SSSR count). The lowest BCUT2D eigenvalue weighted by molar-refractivity contribution is -0.121. The van der Waals surface area contributed by atoms with E-state index in [1.54, 1.807) is 0 Å². The zero-order valence-corrected chi connectivity index (χ0v) is 10.6. The lowest BCUT2D eigenvalue weighted by atomic mass is 9.97. The van der Waals surface area contributed by atoms with Gasteiger partial charge in [0.2, 0.25) is 5.91 Å². The minimum atomic E-state index is 0.180. The Morgan fingerprint density at radius 1 is 1.38 bits per heavy atom. The SMILES string of the molecule is CCNCCC(=O)NCC1CCN(C)CC1. The molecule has 1 heterocycles. The van der Waals surface area contributed by atoms with E-state index in [1.807, 2.05) is 0 Å². The summed E-state index contributed by atoms with van der Waals surface area (Å²) in [4.78, 5) is 13.8. The highest BCUT2D eigenvalue weighted by atomic mass is 16.1. The van der Waals surface area contributed by atoms with Crippen LogP contribution in [0.25, 0.3) is 0 Å². The number of nitrogens with one attached hydrogen (secondary N) is 2. The van der Waals surface area contributed by atoms with Gasteiger partial charge in [-0.15, -0.1) is 0 Å². The third kappa shape index (κ3) is 5.47. The third-order valence-corrected chi connectivity index (χ3v) is 3.20. The first-order valence-electron chi connectivity index (χ1n) is 6.38. The van der Waals surface area contributed by atoms with Crippen LogP contribution in [-0.2, 0) is 4.79 Å². The van der Waals surface area contributed by atoms with Gasteiger partial charge in [-0.1, -0.05) is 6.92 Å². The molecule has 1 fully saturated rings. The highest BCUT2D eigenvalue weighted by Gasteiger charge is 2.16. The Morgan fingerprint density at radius 3 is 2.69 bits per heavy atom. The fraction of sp³-hybridized carbons (Fsp3) is 0.917. The van der Waals surface area contributed by atoms with Crippen molar-refractivity contribution in [3.05, 3.63) is 0 Å². The van der Waals surface area contributed by atoms with Crippen molar-refractivity contribution in [1.82, 2.24) is 15.5 Å². The van der Waals surface area contributed by atoms with Gasteiger partial charge >= 0.3 is 0 Å². The molecule has 0 aromatic rings. The van der Waals surface area contributed by atoms with Gasteiger partial charge in [0.25, 0.3) is 0 Å². The fourth-order valence-electron chi connectivity index (χ4n) is 1.99. The third-order valence-electron chi connectivity index (χ3n) is 3.20. The smallest absolute Gasteiger partial charge is 0.221 e. The van der Waals surface area contributed by atoms with Crippen molar-refractivity contribution in [2.45, 2.75) is 26.2 Å². The van der Waals surface area contributed by atoms with Crippen LogP contribution in [0.5, 0.6) is 0 Å². The van der Waals surface area contributed by atoms with Gasteiger partial charge in [0.05, 0.1) is 0 Å². The Labute approximate surface area is 98.8 Å². The predicted molar refractivity (Wildman–Crippen MR) is 66.4 cm³/mol. The van der Waals surface area contributed by atoms with E-state index in [0.717, 1.165) is 32.7 Å². The second kappa shape index (κ2) is 7.63. The molecule has 0 aromatic carbocycles. The molecule has 1 saturated heterocycles. The van der Waals surface area contributed by atoms with Crippen molar-refractivity contribution < 1.29 is 4.79 Å². The van der Waals surface area contributed by atoms with Gasteiger partial charge in [-0.3, -0.25) is 4.79 Å². The Hall–Kier alpha value is -0.610. The number of hydrogen-bond acceptors (Lipinski definition) is 3. The van der Waals surface area contributed by atoms with E-state index in [4.69, 9.17) is 0 Å². The zero-order valence-electron chi connectivity index (χ0n) is 10.6. The molecule has 0 radical (unpaired) electrons. The van der Waals surface area contributed by atoms with Crippen molar-refractivity contribution in [1.29, 1.82) is 0 Å². The molecular formula is C12H25N3O. The average Bonchev–Trinajstić information content (AvgIpc) is 2.29. The van der Waals surface area contributed by atoms with E-state index in [1.165, 1.54) is 12.8 Å². The van der Waals surface area contributed by atoms with Gasteiger partial charge in [0.1, 0.15) is 0 Å². The molecule has 1 amide bonds. The quantitative estimate of drug-likeness (QED) is 0.647. The van der Waals surface area contributed by atoms with Gasteiger partial charge in [0, 0.05) is 19.5 Å². The molecule has 0 spiro atoms. The number of piperidine rings is 1. The maximum atomic E-state index is 11.5. The topological polar surface area (TPSA) is 44.4 Å². The van der Waals surface area contributed by atoms with Crippen LogP contribution in [0.3, 0.4) is 0 Å². The largest absolute Gasteiger partial charge is 0.356 e. The summed E-state index contributed by atoms with van der Waals surface area (Å²) >= 11 is 0. The molecule has 0 saturated carbocycles. The first-order chi connectivity index (χ1) is 7.72. The van der Waals surface area contributed by atoms with Crippen molar-refractivity contribution in [2.75, 3.05) is 39.8 Å². The highest BCUT2D eigenvalue weighted by Crippen LogP contribution is 2.14. The van der Waals surface area contributed by atoms with Crippen molar-refractivity contribution in [2.24, 2.45) is 5.92 Å². The molecule has 0 aliphatic carbocycles.